The van der Waals surface area contributed by atoms with Crippen molar-refractivity contribution < 1.29 is 4.79 Å². The molecule has 1 aromatic heterocycles. The first kappa shape index (κ1) is 16.1. The van der Waals surface area contributed by atoms with E-state index in [0.29, 0.717) is 13.1 Å². The van der Waals surface area contributed by atoms with E-state index in [9.17, 15) is 4.79 Å². The SMILES string of the molecule is CCc1nc(CCNC(=O)C(CC)(CC)CN)cs1. The topological polar surface area (TPSA) is 68.0 Å². The molecule has 4 nitrogen and oxygen atoms in total. The second-order valence-electron chi connectivity index (χ2n) is 4.78. The Morgan fingerprint density at radius 1 is 1.42 bits per heavy atom. The minimum atomic E-state index is -0.406. The molecule has 19 heavy (non-hydrogen) atoms. The number of thiazole rings is 1. The van der Waals surface area contributed by atoms with Crippen LogP contribution in [0.3, 0.4) is 0 Å². The van der Waals surface area contributed by atoms with Gasteiger partial charge in [-0.15, -0.1) is 11.3 Å². The van der Waals surface area contributed by atoms with Gasteiger partial charge in [0.05, 0.1) is 16.1 Å². The van der Waals surface area contributed by atoms with Crippen molar-refractivity contribution in [2.45, 2.75) is 46.5 Å². The number of nitrogens with zero attached hydrogens (tertiary/aromatic N) is 1. The molecule has 0 bridgehead atoms. The van der Waals surface area contributed by atoms with Gasteiger partial charge in [0, 0.05) is 24.9 Å². The van der Waals surface area contributed by atoms with Crippen LogP contribution < -0.4 is 11.1 Å². The molecule has 3 N–H and O–H groups in total. The second-order valence-corrected chi connectivity index (χ2v) is 5.73. The van der Waals surface area contributed by atoms with Crippen LogP contribution in [0.1, 0.15) is 44.3 Å². The molecule has 0 aliphatic carbocycles. The zero-order valence-electron chi connectivity index (χ0n) is 12.2. The summed E-state index contributed by atoms with van der Waals surface area (Å²) in [4.78, 5) is 16.7. The van der Waals surface area contributed by atoms with Gasteiger partial charge < -0.3 is 11.1 Å². The van der Waals surface area contributed by atoms with Gasteiger partial charge in [0.2, 0.25) is 5.91 Å². The largest absolute Gasteiger partial charge is 0.355 e. The molecular weight excluding hydrogens is 258 g/mol. The highest BCUT2D eigenvalue weighted by Crippen LogP contribution is 2.24. The molecule has 1 aromatic rings. The van der Waals surface area contributed by atoms with Gasteiger partial charge in [0.25, 0.3) is 0 Å². The third-order valence-electron chi connectivity index (χ3n) is 3.79. The Hall–Kier alpha value is -0.940. The van der Waals surface area contributed by atoms with Crippen LogP contribution in [-0.4, -0.2) is 24.0 Å². The van der Waals surface area contributed by atoms with E-state index in [1.807, 2.05) is 13.8 Å². The maximum absolute atomic E-state index is 12.2. The van der Waals surface area contributed by atoms with Crippen LogP contribution in [0, 0.1) is 5.41 Å². The number of hydrogen-bond acceptors (Lipinski definition) is 4. The summed E-state index contributed by atoms with van der Waals surface area (Å²) < 4.78 is 0. The number of amides is 1. The third kappa shape index (κ3) is 4.01. The van der Waals surface area contributed by atoms with E-state index in [2.05, 4.69) is 22.6 Å². The van der Waals surface area contributed by atoms with Gasteiger partial charge >= 0.3 is 0 Å². The molecule has 108 valence electrons. The minimum Gasteiger partial charge on any atom is -0.355 e. The maximum atomic E-state index is 12.2. The molecule has 0 saturated carbocycles. The zero-order valence-corrected chi connectivity index (χ0v) is 13.0. The first-order valence-corrected chi connectivity index (χ1v) is 7.91. The van der Waals surface area contributed by atoms with E-state index in [4.69, 9.17) is 5.73 Å². The van der Waals surface area contributed by atoms with Crippen LogP contribution in [0.25, 0.3) is 0 Å². The van der Waals surface area contributed by atoms with Gasteiger partial charge in [-0.3, -0.25) is 4.79 Å². The Bertz CT molecular complexity index is 391. The maximum Gasteiger partial charge on any atom is 0.227 e. The Morgan fingerprint density at radius 2 is 2.11 bits per heavy atom. The van der Waals surface area contributed by atoms with Crippen LogP contribution in [0.2, 0.25) is 0 Å². The Balaban J connectivity index is 2.45. The normalized spacial score (nSPS) is 11.6. The summed E-state index contributed by atoms with van der Waals surface area (Å²) in [6.07, 6.45) is 3.32. The van der Waals surface area contributed by atoms with Gasteiger partial charge in [0.15, 0.2) is 0 Å². The molecule has 0 saturated heterocycles. The molecule has 0 unspecified atom stereocenters. The first-order valence-electron chi connectivity index (χ1n) is 7.03. The van der Waals surface area contributed by atoms with Crippen LogP contribution in [0.15, 0.2) is 5.38 Å². The fourth-order valence-corrected chi connectivity index (χ4v) is 2.85. The molecule has 0 radical (unpaired) electrons. The van der Waals surface area contributed by atoms with E-state index < -0.39 is 5.41 Å². The van der Waals surface area contributed by atoms with E-state index in [1.54, 1.807) is 11.3 Å². The fraction of sp³-hybridized carbons (Fsp3) is 0.714. The van der Waals surface area contributed by atoms with Crippen molar-refractivity contribution in [3.63, 3.8) is 0 Å². The minimum absolute atomic E-state index is 0.0749. The van der Waals surface area contributed by atoms with Crippen molar-refractivity contribution in [2.24, 2.45) is 11.1 Å². The highest BCUT2D eigenvalue weighted by molar-refractivity contribution is 7.09. The molecule has 0 spiro atoms. The van der Waals surface area contributed by atoms with Crippen LogP contribution in [-0.2, 0) is 17.6 Å². The predicted octanol–water partition coefficient (Wildman–Crippen LogP) is 2.13. The quantitative estimate of drug-likeness (QED) is 0.768. The highest BCUT2D eigenvalue weighted by Gasteiger charge is 2.32. The van der Waals surface area contributed by atoms with Crippen molar-refractivity contribution in [3.05, 3.63) is 16.1 Å². The number of carbonyl (C=O) groups excluding carboxylic acids is 1. The molecule has 0 atom stereocenters. The molecule has 0 aliphatic heterocycles. The predicted molar refractivity (Wildman–Crippen MR) is 80.3 cm³/mol. The summed E-state index contributed by atoms with van der Waals surface area (Å²) in [6, 6.07) is 0. The lowest BCUT2D eigenvalue weighted by atomic mass is 9.81. The lowest BCUT2D eigenvalue weighted by Gasteiger charge is -2.28. The van der Waals surface area contributed by atoms with Gasteiger partial charge in [-0.2, -0.15) is 0 Å². The standard InChI is InChI=1S/C14H25N3OS/c1-4-12-17-11(9-19-12)7-8-16-13(18)14(5-2,6-3)10-15/h9H,4-8,10,15H2,1-3H3,(H,16,18). The summed E-state index contributed by atoms with van der Waals surface area (Å²) >= 11 is 1.68. The summed E-state index contributed by atoms with van der Waals surface area (Å²) in [5.74, 6) is 0.0749. The Kier molecular flexibility index (Phi) is 6.45. The number of nitrogens with two attached hydrogens (primary N) is 1. The average Bonchev–Trinajstić information content (AvgIpc) is 2.89. The van der Waals surface area contributed by atoms with E-state index in [-0.39, 0.29) is 5.91 Å². The lowest BCUT2D eigenvalue weighted by Crippen LogP contribution is -2.45. The van der Waals surface area contributed by atoms with Crippen molar-refractivity contribution in [2.75, 3.05) is 13.1 Å². The fourth-order valence-electron chi connectivity index (χ4n) is 2.07. The molecule has 5 heteroatoms. The summed E-state index contributed by atoms with van der Waals surface area (Å²) in [6.45, 7) is 7.17. The van der Waals surface area contributed by atoms with E-state index in [0.717, 1.165) is 36.4 Å². The Labute approximate surface area is 119 Å². The number of carbonyl (C=O) groups is 1. The van der Waals surface area contributed by atoms with Crippen molar-refractivity contribution in [1.82, 2.24) is 10.3 Å². The average molecular weight is 283 g/mol. The molecule has 1 heterocycles. The van der Waals surface area contributed by atoms with Crippen molar-refractivity contribution >= 4 is 17.2 Å². The van der Waals surface area contributed by atoms with Gasteiger partial charge in [-0.05, 0) is 19.3 Å². The van der Waals surface area contributed by atoms with E-state index in [1.165, 1.54) is 0 Å². The number of rotatable bonds is 8. The molecular formula is C14H25N3OS. The molecule has 0 aromatic carbocycles. The Morgan fingerprint density at radius 3 is 2.58 bits per heavy atom. The van der Waals surface area contributed by atoms with Gasteiger partial charge in [-0.25, -0.2) is 4.98 Å². The van der Waals surface area contributed by atoms with E-state index >= 15 is 0 Å². The molecule has 0 aliphatic rings. The molecule has 1 rings (SSSR count). The summed E-state index contributed by atoms with van der Waals surface area (Å²) in [7, 11) is 0. The number of aromatic nitrogens is 1. The molecule has 1 amide bonds. The monoisotopic (exact) mass is 283 g/mol. The van der Waals surface area contributed by atoms with Gasteiger partial charge in [-0.1, -0.05) is 20.8 Å². The van der Waals surface area contributed by atoms with Crippen molar-refractivity contribution in [3.8, 4) is 0 Å². The number of hydrogen-bond donors (Lipinski definition) is 2. The molecule has 0 fully saturated rings. The summed E-state index contributed by atoms with van der Waals surface area (Å²) in [5.41, 5.74) is 6.42. The smallest absolute Gasteiger partial charge is 0.227 e. The number of nitrogens with one attached hydrogen (secondary N) is 1. The van der Waals surface area contributed by atoms with Crippen LogP contribution >= 0.6 is 11.3 Å². The lowest BCUT2D eigenvalue weighted by molar-refractivity contribution is -0.131. The van der Waals surface area contributed by atoms with Gasteiger partial charge in [0.1, 0.15) is 0 Å². The number of aryl methyl sites for hydroxylation is 1. The summed E-state index contributed by atoms with van der Waals surface area (Å²) in [5, 5.41) is 6.22. The second kappa shape index (κ2) is 7.60. The zero-order chi connectivity index (χ0) is 14.3. The van der Waals surface area contributed by atoms with Crippen molar-refractivity contribution in [1.29, 1.82) is 0 Å². The van der Waals surface area contributed by atoms with Crippen LogP contribution in [0.4, 0.5) is 0 Å². The van der Waals surface area contributed by atoms with Crippen LogP contribution in [0.5, 0.6) is 0 Å². The third-order valence-corrected chi connectivity index (χ3v) is 4.84. The first-order chi connectivity index (χ1) is 9.11. The highest BCUT2D eigenvalue weighted by atomic mass is 32.1.